The Hall–Kier alpha value is -3.71. The minimum Gasteiger partial charge on any atom is -0.497 e. The molecule has 2 aromatic heterocycles. The average Bonchev–Trinajstić information content (AvgIpc) is 3.40. The van der Waals surface area contributed by atoms with Crippen LogP contribution in [-0.4, -0.2) is 46.8 Å². The summed E-state index contributed by atoms with van der Waals surface area (Å²) < 4.78 is 7.59. The molecule has 1 aliphatic heterocycles. The number of aryl methyl sites for hydroxylation is 1. The molecule has 5 rings (SSSR count). The number of fused-ring (bicyclic) bond motifs is 2. The summed E-state index contributed by atoms with van der Waals surface area (Å²) in [7, 11) is 5.82. The van der Waals surface area contributed by atoms with Crippen LogP contribution in [0.3, 0.4) is 0 Å². The first-order valence-electron chi connectivity index (χ1n) is 11.2. The van der Waals surface area contributed by atoms with E-state index in [1.807, 2.05) is 31.6 Å². The quantitative estimate of drug-likeness (QED) is 0.427. The first-order valence-corrected chi connectivity index (χ1v) is 11.2. The number of nitrogens with two attached hydrogens (primary N) is 1. The number of aromatic amines is 1. The van der Waals surface area contributed by atoms with E-state index in [1.54, 1.807) is 7.11 Å². The minimum absolute atomic E-state index is 0.632. The second-order valence-electron chi connectivity index (χ2n) is 8.80. The van der Waals surface area contributed by atoms with Crippen molar-refractivity contribution in [2.75, 3.05) is 20.7 Å². The van der Waals surface area contributed by atoms with Crippen LogP contribution in [0.4, 0.5) is 0 Å². The second-order valence-corrected chi connectivity index (χ2v) is 8.80. The minimum atomic E-state index is -0.786. The van der Waals surface area contributed by atoms with E-state index < -0.39 is 5.66 Å². The normalized spacial score (nSPS) is 17.9. The van der Waals surface area contributed by atoms with E-state index in [0.29, 0.717) is 6.42 Å². The number of hydrogen-bond acceptors (Lipinski definition) is 5. The Morgan fingerprint density at radius 2 is 2.06 bits per heavy atom. The van der Waals surface area contributed by atoms with Gasteiger partial charge in [-0.25, -0.2) is 4.99 Å². The number of H-pyrrole nitrogens is 1. The Kier molecular flexibility index (Phi) is 5.34. The maximum atomic E-state index is 6.69. The van der Waals surface area contributed by atoms with E-state index in [-0.39, 0.29) is 0 Å². The molecule has 4 N–H and O–H groups in total. The summed E-state index contributed by atoms with van der Waals surface area (Å²) in [5.41, 5.74) is 10.7. The van der Waals surface area contributed by atoms with Crippen molar-refractivity contribution in [3.8, 4) is 5.75 Å². The third-order valence-corrected chi connectivity index (χ3v) is 6.36. The zero-order valence-corrected chi connectivity index (χ0v) is 19.3. The lowest BCUT2D eigenvalue weighted by molar-refractivity contribution is 0.415. The summed E-state index contributed by atoms with van der Waals surface area (Å²) in [5, 5.41) is 5.67. The van der Waals surface area contributed by atoms with Gasteiger partial charge < -0.3 is 30.2 Å². The molecule has 3 heterocycles. The van der Waals surface area contributed by atoms with Crippen LogP contribution in [0.5, 0.6) is 5.75 Å². The van der Waals surface area contributed by atoms with Gasteiger partial charge in [-0.3, -0.25) is 0 Å². The van der Waals surface area contributed by atoms with E-state index in [2.05, 4.69) is 69.4 Å². The summed E-state index contributed by atoms with van der Waals surface area (Å²) in [5.74, 6) is 1.65. The van der Waals surface area contributed by atoms with E-state index in [4.69, 9.17) is 15.5 Å². The standard InChI is InChI=1S/C26H30N6O/c1-31(13-9-20-17-32(2)24-7-5-21(33-3)15-22(20)24)25-29-12-10-26(27,30-25)16-18-4-6-23-19(14-18)8-11-28-23/h4-8,10-12,14-15,17,28H,9,13,16,27H2,1-3H3,(H,29,30). The third-order valence-electron chi connectivity index (χ3n) is 6.36. The van der Waals surface area contributed by atoms with Gasteiger partial charge in [-0.15, -0.1) is 0 Å². The number of likely N-dealkylation sites (N-methyl/N-ethyl adjacent to an activating group) is 1. The smallest absolute Gasteiger partial charge is 0.199 e. The number of guanidine groups is 1. The fourth-order valence-electron chi connectivity index (χ4n) is 4.53. The fourth-order valence-corrected chi connectivity index (χ4v) is 4.53. The number of aliphatic imine (C=N–C) groups is 1. The van der Waals surface area contributed by atoms with Gasteiger partial charge in [-0.05, 0) is 65.4 Å². The van der Waals surface area contributed by atoms with Crippen LogP contribution >= 0.6 is 0 Å². The Balaban J connectivity index is 1.31. The van der Waals surface area contributed by atoms with Gasteiger partial charge in [0.15, 0.2) is 5.96 Å². The molecule has 1 atom stereocenters. The lowest BCUT2D eigenvalue weighted by Gasteiger charge is -2.30. The van der Waals surface area contributed by atoms with Gasteiger partial charge in [0, 0.05) is 62.1 Å². The van der Waals surface area contributed by atoms with Crippen molar-refractivity contribution < 1.29 is 4.74 Å². The molecule has 33 heavy (non-hydrogen) atoms. The number of methoxy groups -OCH3 is 1. The number of ether oxygens (including phenoxy) is 1. The number of nitrogens with zero attached hydrogens (tertiary/aromatic N) is 3. The van der Waals surface area contributed by atoms with Crippen molar-refractivity contribution in [2.45, 2.75) is 18.5 Å². The second kappa shape index (κ2) is 8.33. The van der Waals surface area contributed by atoms with E-state index in [0.717, 1.165) is 35.8 Å². The number of rotatable bonds is 6. The monoisotopic (exact) mass is 442 g/mol. The Morgan fingerprint density at radius 1 is 1.18 bits per heavy atom. The van der Waals surface area contributed by atoms with Crippen molar-refractivity contribution >= 4 is 27.8 Å². The van der Waals surface area contributed by atoms with Crippen LogP contribution in [0.2, 0.25) is 0 Å². The molecule has 7 heteroatoms. The SMILES string of the molecule is COc1ccc2c(c1)c(CCN(C)C1=NC(N)(Cc3ccc4[nH]ccc4c3)C=CN1)cn2C. The third kappa shape index (κ3) is 4.19. The van der Waals surface area contributed by atoms with Gasteiger partial charge >= 0.3 is 0 Å². The highest BCUT2D eigenvalue weighted by Gasteiger charge is 2.26. The molecule has 170 valence electrons. The fraction of sp³-hybridized carbons (Fsp3) is 0.269. The molecule has 0 radical (unpaired) electrons. The van der Waals surface area contributed by atoms with E-state index >= 15 is 0 Å². The summed E-state index contributed by atoms with van der Waals surface area (Å²) in [6, 6.07) is 14.7. The predicted molar refractivity (Wildman–Crippen MR) is 134 cm³/mol. The van der Waals surface area contributed by atoms with E-state index in [1.165, 1.54) is 21.9 Å². The molecule has 0 saturated heterocycles. The zero-order chi connectivity index (χ0) is 23.0. The van der Waals surface area contributed by atoms with Crippen LogP contribution < -0.4 is 15.8 Å². The van der Waals surface area contributed by atoms with Crippen LogP contribution in [-0.2, 0) is 19.9 Å². The highest BCUT2D eigenvalue weighted by atomic mass is 16.5. The van der Waals surface area contributed by atoms with Crippen molar-refractivity contribution in [1.82, 2.24) is 19.8 Å². The molecule has 0 bridgehead atoms. The largest absolute Gasteiger partial charge is 0.497 e. The zero-order valence-electron chi connectivity index (χ0n) is 19.3. The van der Waals surface area contributed by atoms with Crippen molar-refractivity contribution in [3.05, 3.63) is 78.3 Å². The predicted octanol–water partition coefficient (Wildman–Crippen LogP) is 3.51. The van der Waals surface area contributed by atoms with Gasteiger partial charge in [0.25, 0.3) is 0 Å². The topological polar surface area (TPSA) is 83.6 Å². The molecule has 1 unspecified atom stereocenters. The number of benzene rings is 2. The molecule has 0 saturated carbocycles. The highest BCUT2D eigenvalue weighted by molar-refractivity contribution is 5.86. The van der Waals surface area contributed by atoms with Crippen LogP contribution in [0, 0.1) is 0 Å². The van der Waals surface area contributed by atoms with Crippen LogP contribution in [0.1, 0.15) is 11.1 Å². The molecule has 2 aromatic carbocycles. The van der Waals surface area contributed by atoms with Gasteiger partial charge in [-0.1, -0.05) is 6.07 Å². The first-order chi connectivity index (χ1) is 15.9. The van der Waals surface area contributed by atoms with Gasteiger partial charge in [0.2, 0.25) is 0 Å². The molecule has 0 spiro atoms. The Labute approximate surface area is 193 Å². The molecule has 0 amide bonds. The molecule has 0 aliphatic carbocycles. The van der Waals surface area contributed by atoms with Crippen molar-refractivity contribution in [2.24, 2.45) is 17.8 Å². The Morgan fingerprint density at radius 3 is 2.91 bits per heavy atom. The van der Waals surface area contributed by atoms with Gasteiger partial charge in [0.1, 0.15) is 11.4 Å². The maximum absolute atomic E-state index is 6.69. The molecular formula is C26H30N6O. The van der Waals surface area contributed by atoms with Crippen molar-refractivity contribution in [1.29, 1.82) is 0 Å². The van der Waals surface area contributed by atoms with Gasteiger partial charge in [-0.2, -0.15) is 0 Å². The molecule has 1 aliphatic rings. The Bertz CT molecular complexity index is 1360. The highest BCUT2D eigenvalue weighted by Crippen LogP contribution is 2.26. The average molecular weight is 443 g/mol. The first kappa shape index (κ1) is 21.2. The maximum Gasteiger partial charge on any atom is 0.199 e. The lowest BCUT2D eigenvalue weighted by atomic mass is 9.99. The lowest BCUT2D eigenvalue weighted by Crippen LogP contribution is -2.48. The number of nitrogens with one attached hydrogen (secondary N) is 2. The summed E-state index contributed by atoms with van der Waals surface area (Å²) in [4.78, 5) is 10.2. The van der Waals surface area contributed by atoms with Gasteiger partial charge in [0.05, 0.1) is 7.11 Å². The number of aromatic nitrogens is 2. The molecule has 4 aromatic rings. The summed E-state index contributed by atoms with van der Waals surface area (Å²) >= 11 is 0. The summed E-state index contributed by atoms with van der Waals surface area (Å²) in [6.07, 6.45) is 9.49. The van der Waals surface area contributed by atoms with Crippen LogP contribution in [0.15, 0.2) is 72.1 Å². The van der Waals surface area contributed by atoms with Crippen molar-refractivity contribution in [3.63, 3.8) is 0 Å². The molecular weight excluding hydrogens is 412 g/mol. The van der Waals surface area contributed by atoms with E-state index in [9.17, 15) is 0 Å². The van der Waals surface area contributed by atoms with Crippen LogP contribution in [0.25, 0.3) is 21.8 Å². The number of hydrogen-bond donors (Lipinski definition) is 3. The summed E-state index contributed by atoms with van der Waals surface area (Å²) in [6.45, 7) is 0.807. The molecule has 7 nitrogen and oxygen atoms in total. The molecule has 0 fully saturated rings.